The number of rotatable bonds is 8. The Labute approximate surface area is 194 Å². The van der Waals surface area contributed by atoms with Gasteiger partial charge in [0.05, 0.1) is 34.7 Å². The molecule has 0 spiro atoms. The number of halogens is 1. The monoisotopic (exact) mass is 491 g/mol. The van der Waals surface area contributed by atoms with Crippen LogP contribution < -0.4 is 19.5 Å². The molecule has 3 rings (SSSR count). The van der Waals surface area contributed by atoms with E-state index >= 15 is 0 Å². The van der Waals surface area contributed by atoms with Crippen molar-refractivity contribution in [2.75, 3.05) is 24.3 Å². The maximum atomic E-state index is 12.8. The maximum Gasteiger partial charge on any atom is 0.271 e. The second-order valence-corrected chi connectivity index (χ2v) is 8.66. The summed E-state index contributed by atoms with van der Waals surface area (Å²) in [4.78, 5) is 22.7. The van der Waals surface area contributed by atoms with E-state index in [0.717, 1.165) is 6.07 Å². The minimum Gasteiger partial charge on any atom is -0.495 e. The Bertz CT molecular complexity index is 1310. The fourth-order valence-electron chi connectivity index (χ4n) is 2.83. The summed E-state index contributed by atoms with van der Waals surface area (Å²) in [6, 6.07) is 13.4. The van der Waals surface area contributed by atoms with Crippen LogP contribution in [0.2, 0.25) is 5.02 Å². The first kappa shape index (κ1) is 23.8. The topological polar surface area (TPSA) is 137 Å². The number of methoxy groups -OCH3 is 2. The van der Waals surface area contributed by atoms with E-state index in [1.54, 1.807) is 12.1 Å². The van der Waals surface area contributed by atoms with Crippen LogP contribution in [0, 0.1) is 10.1 Å². The molecule has 33 heavy (non-hydrogen) atoms. The lowest BCUT2D eigenvalue weighted by molar-refractivity contribution is -0.384. The third-order valence-corrected chi connectivity index (χ3v) is 6.15. The van der Waals surface area contributed by atoms with Crippen molar-refractivity contribution in [3.8, 4) is 11.5 Å². The lowest BCUT2D eigenvalue weighted by atomic mass is 10.2. The van der Waals surface area contributed by atoms with Crippen molar-refractivity contribution >= 4 is 44.6 Å². The van der Waals surface area contributed by atoms with Crippen molar-refractivity contribution in [3.63, 3.8) is 0 Å². The fraction of sp³-hybridized carbons (Fsp3) is 0.0952. The maximum absolute atomic E-state index is 12.8. The Hall–Kier alpha value is -3.83. The van der Waals surface area contributed by atoms with Gasteiger partial charge in [0.25, 0.3) is 21.6 Å². The van der Waals surface area contributed by atoms with E-state index in [-0.39, 0.29) is 27.6 Å². The van der Waals surface area contributed by atoms with Crippen LogP contribution in [0.1, 0.15) is 10.4 Å². The molecule has 172 valence electrons. The zero-order chi connectivity index (χ0) is 24.2. The number of nitrogens with zero attached hydrogens (tertiary/aromatic N) is 1. The molecule has 3 aromatic rings. The van der Waals surface area contributed by atoms with Gasteiger partial charge in [0.15, 0.2) is 0 Å². The van der Waals surface area contributed by atoms with E-state index in [0.29, 0.717) is 16.5 Å². The summed E-state index contributed by atoms with van der Waals surface area (Å²) in [5.41, 5.74) is 0.236. The third-order valence-electron chi connectivity index (χ3n) is 4.47. The number of carbonyl (C=O) groups is 1. The number of ether oxygens (including phenoxy) is 2. The Morgan fingerprint density at radius 3 is 2.18 bits per heavy atom. The summed E-state index contributed by atoms with van der Waals surface area (Å²) in [5.74, 6) is 0.0870. The Kier molecular flexibility index (Phi) is 7.04. The number of non-ortho nitro benzene ring substituents is 1. The third kappa shape index (κ3) is 5.51. The zero-order valence-electron chi connectivity index (χ0n) is 17.4. The second kappa shape index (κ2) is 9.76. The van der Waals surface area contributed by atoms with Crippen LogP contribution in [0.15, 0.2) is 65.6 Å². The number of nitro benzene ring substituents is 1. The first-order valence-corrected chi connectivity index (χ1v) is 11.1. The van der Waals surface area contributed by atoms with Crippen LogP contribution in [0.5, 0.6) is 11.5 Å². The Balaban J connectivity index is 1.79. The molecule has 0 bridgehead atoms. The smallest absolute Gasteiger partial charge is 0.271 e. The molecule has 2 N–H and O–H groups in total. The molecular weight excluding hydrogens is 474 g/mol. The van der Waals surface area contributed by atoms with E-state index in [2.05, 4.69) is 10.0 Å². The molecule has 3 aromatic carbocycles. The Morgan fingerprint density at radius 2 is 1.61 bits per heavy atom. The highest BCUT2D eigenvalue weighted by molar-refractivity contribution is 7.92. The van der Waals surface area contributed by atoms with Gasteiger partial charge in [-0.1, -0.05) is 11.6 Å². The largest absolute Gasteiger partial charge is 0.495 e. The quantitative estimate of drug-likeness (QED) is 0.353. The number of anilines is 2. The zero-order valence-corrected chi connectivity index (χ0v) is 18.9. The van der Waals surface area contributed by atoms with Gasteiger partial charge in [0, 0.05) is 23.4 Å². The fourth-order valence-corrected chi connectivity index (χ4v) is 4.14. The number of sulfonamides is 1. The lowest BCUT2D eigenvalue weighted by Gasteiger charge is -2.12. The van der Waals surface area contributed by atoms with Crippen LogP contribution >= 0.6 is 11.6 Å². The number of benzene rings is 3. The number of hydrogen-bond acceptors (Lipinski definition) is 7. The average molecular weight is 492 g/mol. The van der Waals surface area contributed by atoms with Gasteiger partial charge < -0.3 is 14.8 Å². The van der Waals surface area contributed by atoms with Crippen LogP contribution in [-0.2, 0) is 10.0 Å². The summed E-state index contributed by atoms with van der Waals surface area (Å²) < 4.78 is 37.9. The molecule has 0 aromatic heterocycles. The Morgan fingerprint density at radius 1 is 0.970 bits per heavy atom. The van der Waals surface area contributed by atoms with Crippen molar-refractivity contribution in [1.29, 1.82) is 0 Å². The van der Waals surface area contributed by atoms with Gasteiger partial charge in [-0.25, -0.2) is 8.42 Å². The molecule has 0 heterocycles. The van der Waals surface area contributed by atoms with E-state index in [4.69, 9.17) is 21.1 Å². The van der Waals surface area contributed by atoms with Crippen LogP contribution in [0.3, 0.4) is 0 Å². The molecule has 1 amide bonds. The lowest BCUT2D eigenvalue weighted by Crippen LogP contribution is -2.15. The molecule has 0 saturated carbocycles. The van der Waals surface area contributed by atoms with Crippen molar-refractivity contribution in [1.82, 2.24) is 0 Å². The molecule has 10 nitrogen and oxygen atoms in total. The summed E-state index contributed by atoms with van der Waals surface area (Å²) in [6.45, 7) is 0. The van der Waals surface area contributed by atoms with Gasteiger partial charge in [-0.2, -0.15) is 0 Å². The highest BCUT2D eigenvalue weighted by atomic mass is 35.5. The number of hydrogen-bond donors (Lipinski definition) is 2. The molecule has 0 atom stereocenters. The SMILES string of the molecule is COc1ccc(NC(=O)c2ccc(S(=O)(=O)Nc3cc([N+](=O)[O-])ccc3OC)cc2)cc1Cl. The number of amides is 1. The minimum atomic E-state index is -4.12. The van der Waals surface area contributed by atoms with E-state index in [1.807, 2.05) is 0 Å². The van der Waals surface area contributed by atoms with Crippen molar-refractivity contribution in [2.45, 2.75) is 4.90 Å². The highest BCUT2D eigenvalue weighted by Crippen LogP contribution is 2.31. The van der Waals surface area contributed by atoms with Gasteiger partial charge in [-0.15, -0.1) is 0 Å². The summed E-state index contributed by atoms with van der Waals surface area (Å²) in [6.07, 6.45) is 0. The van der Waals surface area contributed by atoms with Gasteiger partial charge >= 0.3 is 0 Å². The van der Waals surface area contributed by atoms with E-state index in [9.17, 15) is 23.3 Å². The summed E-state index contributed by atoms with van der Waals surface area (Å²) in [5, 5.41) is 14.0. The minimum absolute atomic E-state index is 0.0927. The first-order valence-electron chi connectivity index (χ1n) is 9.25. The van der Waals surface area contributed by atoms with Crippen molar-refractivity contribution in [3.05, 3.63) is 81.4 Å². The van der Waals surface area contributed by atoms with Gasteiger partial charge in [0.2, 0.25) is 0 Å². The van der Waals surface area contributed by atoms with Gasteiger partial charge in [0.1, 0.15) is 11.5 Å². The molecule has 0 saturated heterocycles. The van der Waals surface area contributed by atoms with Crippen LogP contribution in [0.4, 0.5) is 17.1 Å². The number of carbonyl (C=O) groups excluding carboxylic acids is 1. The summed E-state index contributed by atoms with van der Waals surface area (Å²) >= 11 is 6.05. The first-order chi connectivity index (χ1) is 15.6. The second-order valence-electron chi connectivity index (χ2n) is 6.58. The molecule has 0 aliphatic carbocycles. The molecule has 0 unspecified atom stereocenters. The van der Waals surface area contributed by atoms with E-state index < -0.39 is 20.9 Å². The molecule has 0 fully saturated rings. The molecule has 12 heteroatoms. The van der Waals surface area contributed by atoms with Gasteiger partial charge in [-0.3, -0.25) is 19.6 Å². The molecule has 0 aliphatic rings. The molecular formula is C21H18ClN3O7S. The number of nitro groups is 1. The standard InChI is InChI=1S/C21H18ClN3O7S/c1-31-19-9-5-14(11-17(19)22)23-21(26)13-3-7-16(8-4-13)33(29,30)24-18-12-15(25(27)28)6-10-20(18)32-2/h3-12,24H,1-2H3,(H,23,26). The normalized spacial score (nSPS) is 10.9. The van der Waals surface area contributed by atoms with Crippen LogP contribution in [-0.4, -0.2) is 33.5 Å². The predicted octanol–water partition coefficient (Wildman–Crippen LogP) is 4.32. The van der Waals surface area contributed by atoms with Crippen molar-refractivity contribution < 1.29 is 27.6 Å². The van der Waals surface area contributed by atoms with E-state index in [1.165, 1.54) is 56.7 Å². The van der Waals surface area contributed by atoms with Crippen molar-refractivity contribution in [2.24, 2.45) is 0 Å². The average Bonchev–Trinajstić information content (AvgIpc) is 2.79. The summed E-state index contributed by atoms with van der Waals surface area (Å²) in [7, 11) is -1.34. The highest BCUT2D eigenvalue weighted by Gasteiger charge is 2.20. The van der Waals surface area contributed by atoms with Gasteiger partial charge in [-0.05, 0) is 48.5 Å². The predicted molar refractivity (Wildman–Crippen MR) is 123 cm³/mol. The van der Waals surface area contributed by atoms with Crippen LogP contribution in [0.25, 0.3) is 0 Å². The molecule has 0 radical (unpaired) electrons. The molecule has 0 aliphatic heterocycles. The number of nitrogens with one attached hydrogen (secondary N) is 2.